The van der Waals surface area contributed by atoms with E-state index in [1.165, 1.54) is 68.9 Å². The molecule has 12 rings (SSSR count). The molecule has 0 saturated heterocycles. The van der Waals surface area contributed by atoms with Gasteiger partial charge in [0.1, 0.15) is 0 Å². The van der Waals surface area contributed by atoms with E-state index < -0.39 is 5.41 Å². The van der Waals surface area contributed by atoms with Crippen LogP contribution in [0.4, 0.5) is 0 Å². The van der Waals surface area contributed by atoms with E-state index in [9.17, 15) is 0 Å². The number of fused-ring (bicyclic) bond motifs is 12. The van der Waals surface area contributed by atoms with Crippen LogP contribution in [0.15, 0.2) is 204 Å². The quantitative estimate of drug-likeness (QED) is 0.179. The molecule has 0 fully saturated rings. The molecule has 0 N–H and O–H groups in total. The molecule has 10 aromatic rings. The van der Waals surface area contributed by atoms with Crippen molar-refractivity contribution in [2.24, 2.45) is 0 Å². The maximum atomic E-state index is 5.31. The van der Waals surface area contributed by atoms with Gasteiger partial charge in [0.2, 0.25) is 0 Å². The average molecular weight is 761 g/mol. The molecule has 3 heterocycles. The minimum Gasteiger partial charge on any atom is -0.228 e. The molecule has 4 heteroatoms. The number of hydrogen-bond acceptors (Lipinski definition) is 4. The average Bonchev–Trinajstić information content (AvgIpc) is 3.80. The van der Waals surface area contributed by atoms with Gasteiger partial charge in [0.15, 0.2) is 5.82 Å². The summed E-state index contributed by atoms with van der Waals surface area (Å²) in [4.78, 5) is 13.1. The molecule has 0 atom stereocenters. The van der Waals surface area contributed by atoms with Gasteiger partial charge in [-0.15, -0.1) is 11.3 Å². The predicted octanol–water partition coefficient (Wildman–Crippen LogP) is 14.3. The zero-order valence-corrected chi connectivity index (χ0v) is 32.3. The Balaban J connectivity index is 1.04. The smallest absolute Gasteiger partial charge is 0.160 e. The number of rotatable bonds is 4. The molecule has 8 aromatic carbocycles. The van der Waals surface area contributed by atoms with E-state index in [0.29, 0.717) is 5.82 Å². The Morgan fingerprint density at radius 2 is 0.965 bits per heavy atom. The van der Waals surface area contributed by atoms with Gasteiger partial charge in [0.25, 0.3) is 0 Å². The fourth-order valence-corrected chi connectivity index (χ4v) is 11.8. The zero-order valence-electron chi connectivity index (χ0n) is 30.7. The summed E-state index contributed by atoms with van der Waals surface area (Å²) >= 11 is 3.72. The van der Waals surface area contributed by atoms with E-state index in [1.807, 2.05) is 23.1 Å². The fourth-order valence-electron chi connectivity index (χ4n) is 9.30. The molecular weight excluding hydrogens is 729 g/mol. The highest BCUT2D eigenvalue weighted by Gasteiger charge is 2.50. The summed E-state index contributed by atoms with van der Waals surface area (Å²) in [5.41, 5.74) is 14.9. The SMILES string of the molecule is c1ccc(-c2cc(-c3ccc4c(c3)sc3ccccc34)nc(-c3cccc(-c4cccc5c4Sc4ccccc4C54c5ccccc5-c5ccccc54)c3)n2)cc1. The Morgan fingerprint density at radius 1 is 0.368 bits per heavy atom. The van der Waals surface area contributed by atoms with Gasteiger partial charge in [-0.25, -0.2) is 9.97 Å². The Bertz CT molecular complexity index is 3190. The molecular formula is C53H32N2S2. The molecule has 0 radical (unpaired) electrons. The van der Waals surface area contributed by atoms with Crippen molar-refractivity contribution in [3.63, 3.8) is 0 Å². The van der Waals surface area contributed by atoms with Crippen LogP contribution in [0.1, 0.15) is 22.3 Å². The summed E-state index contributed by atoms with van der Waals surface area (Å²) < 4.78 is 2.56. The van der Waals surface area contributed by atoms with Crippen molar-refractivity contribution in [3.8, 4) is 56.2 Å². The van der Waals surface area contributed by atoms with Crippen LogP contribution in [-0.4, -0.2) is 9.97 Å². The largest absolute Gasteiger partial charge is 0.228 e. The van der Waals surface area contributed by atoms with Crippen molar-refractivity contribution in [1.82, 2.24) is 9.97 Å². The van der Waals surface area contributed by atoms with Gasteiger partial charge in [-0.1, -0.05) is 176 Å². The van der Waals surface area contributed by atoms with E-state index in [0.717, 1.165) is 33.6 Å². The van der Waals surface area contributed by atoms with Gasteiger partial charge in [-0.05, 0) is 74.8 Å². The van der Waals surface area contributed by atoms with E-state index in [4.69, 9.17) is 9.97 Å². The first kappa shape index (κ1) is 32.6. The number of thiophene rings is 1. The third kappa shape index (κ3) is 4.91. The minimum absolute atomic E-state index is 0.421. The number of nitrogens with zero attached hydrogens (tertiary/aromatic N) is 2. The lowest BCUT2D eigenvalue weighted by Crippen LogP contribution is -2.32. The number of benzene rings is 8. The normalized spacial score (nSPS) is 13.3. The van der Waals surface area contributed by atoms with Crippen molar-refractivity contribution in [2.75, 3.05) is 0 Å². The van der Waals surface area contributed by atoms with Gasteiger partial charge >= 0.3 is 0 Å². The maximum Gasteiger partial charge on any atom is 0.160 e. The third-order valence-electron chi connectivity index (χ3n) is 11.8. The van der Waals surface area contributed by atoms with Gasteiger partial charge in [0.05, 0.1) is 16.8 Å². The lowest BCUT2D eigenvalue weighted by atomic mass is 9.67. The van der Waals surface area contributed by atoms with E-state index >= 15 is 0 Å². The summed E-state index contributed by atoms with van der Waals surface area (Å²) in [6.45, 7) is 0. The first-order valence-electron chi connectivity index (χ1n) is 19.3. The highest BCUT2D eigenvalue weighted by atomic mass is 32.2. The molecule has 2 aliphatic rings. The first-order valence-corrected chi connectivity index (χ1v) is 20.9. The highest BCUT2D eigenvalue weighted by Crippen LogP contribution is 2.63. The molecule has 0 saturated carbocycles. The van der Waals surface area contributed by atoms with Crippen LogP contribution in [0.3, 0.4) is 0 Å². The molecule has 0 bridgehead atoms. The Kier molecular flexibility index (Phi) is 7.28. The number of hydrogen-bond donors (Lipinski definition) is 0. The van der Waals surface area contributed by atoms with Crippen LogP contribution < -0.4 is 0 Å². The summed E-state index contributed by atoms with van der Waals surface area (Å²) in [6.07, 6.45) is 0. The Labute approximate surface area is 339 Å². The minimum atomic E-state index is -0.421. The lowest BCUT2D eigenvalue weighted by Gasteiger charge is -2.40. The lowest BCUT2D eigenvalue weighted by molar-refractivity contribution is 0.723. The molecule has 266 valence electrons. The summed E-state index contributed by atoms with van der Waals surface area (Å²) in [5.74, 6) is 0.711. The monoisotopic (exact) mass is 760 g/mol. The van der Waals surface area contributed by atoms with Crippen molar-refractivity contribution in [1.29, 1.82) is 0 Å². The zero-order chi connectivity index (χ0) is 37.5. The van der Waals surface area contributed by atoms with Crippen LogP contribution in [-0.2, 0) is 5.41 Å². The van der Waals surface area contributed by atoms with Crippen molar-refractivity contribution in [2.45, 2.75) is 15.2 Å². The molecule has 2 nitrogen and oxygen atoms in total. The Morgan fingerprint density at radius 3 is 1.79 bits per heavy atom. The molecule has 0 amide bonds. The Hall–Kier alpha value is -6.59. The second-order valence-corrected chi connectivity index (χ2v) is 17.0. The highest BCUT2D eigenvalue weighted by molar-refractivity contribution is 7.99. The summed E-state index contributed by atoms with van der Waals surface area (Å²) in [7, 11) is 0. The second-order valence-electron chi connectivity index (χ2n) is 14.8. The maximum absolute atomic E-state index is 5.31. The van der Waals surface area contributed by atoms with Crippen LogP contribution in [0.5, 0.6) is 0 Å². The molecule has 0 unspecified atom stereocenters. The van der Waals surface area contributed by atoms with E-state index in [1.54, 1.807) is 0 Å². The fraction of sp³-hybridized carbons (Fsp3) is 0.0189. The second kappa shape index (κ2) is 12.7. The standard InChI is InChI=1S/C53H32N2S2/c1-2-14-33(15-3-1)46-32-47(35-28-29-41-40-20-6-10-26-48(40)56-50(41)31-35)55-52(54-46)36-17-12-16-34(30-36)37-21-13-25-45-51(37)57-49-27-11-9-24-44(49)53(45)42-22-7-4-18-38(42)39-19-5-8-23-43(39)53/h1-32H. The van der Waals surface area contributed by atoms with Crippen LogP contribution in [0.2, 0.25) is 0 Å². The van der Waals surface area contributed by atoms with Crippen LogP contribution in [0.25, 0.3) is 76.3 Å². The van der Waals surface area contributed by atoms with Gasteiger partial charge in [0, 0.05) is 46.7 Å². The summed E-state index contributed by atoms with van der Waals surface area (Å²) in [6, 6.07) is 70.7. The van der Waals surface area contributed by atoms with E-state index in [2.05, 4.69) is 194 Å². The van der Waals surface area contributed by atoms with Crippen LogP contribution in [0, 0.1) is 0 Å². The van der Waals surface area contributed by atoms with Crippen molar-refractivity contribution >= 4 is 43.3 Å². The van der Waals surface area contributed by atoms with E-state index in [-0.39, 0.29) is 0 Å². The molecule has 1 aliphatic heterocycles. The predicted molar refractivity (Wildman–Crippen MR) is 238 cm³/mol. The molecule has 1 aliphatic carbocycles. The van der Waals surface area contributed by atoms with Crippen LogP contribution >= 0.6 is 23.1 Å². The van der Waals surface area contributed by atoms with Crippen molar-refractivity contribution < 1.29 is 0 Å². The molecule has 1 spiro atoms. The van der Waals surface area contributed by atoms with Gasteiger partial charge < -0.3 is 0 Å². The van der Waals surface area contributed by atoms with Gasteiger partial charge in [-0.2, -0.15) is 0 Å². The topological polar surface area (TPSA) is 25.8 Å². The van der Waals surface area contributed by atoms with Gasteiger partial charge in [-0.3, -0.25) is 0 Å². The summed E-state index contributed by atoms with van der Waals surface area (Å²) in [5, 5.41) is 2.58. The van der Waals surface area contributed by atoms with Crippen molar-refractivity contribution in [3.05, 3.63) is 216 Å². The third-order valence-corrected chi connectivity index (χ3v) is 14.1. The molecule has 2 aromatic heterocycles. The molecule has 57 heavy (non-hydrogen) atoms. The first-order chi connectivity index (χ1) is 28.2. The number of aromatic nitrogens is 2.